The van der Waals surface area contributed by atoms with Crippen molar-refractivity contribution in [2.24, 2.45) is 0 Å². The van der Waals surface area contributed by atoms with E-state index in [0.717, 1.165) is 23.6 Å². The normalized spacial score (nSPS) is 21.8. The third-order valence-corrected chi connectivity index (χ3v) is 4.11. The van der Waals surface area contributed by atoms with Crippen LogP contribution >= 0.6 is 11.6 Å². The highest BCUT2D eigenvalue weighted by atomic mass is 35.5. The van der Waals surface area contributed by atoms with Gasteiger partial charge in [-0.2, -0.15) is 0 Å². The molecule has 98 valence electrons. The number of nitrogens with zero attached hydrogens (tertiary/aromatic N) is 1. The molecular formula is C16H17ClN2. The first-order valence-corrected chi connectivity index (χ1v) is 7.03. The summed E-state index contributed by atoms with van der Waals surface area (Å²) >= 11 is 6.12. The number of hydrogen-bond acceptors (Lipinski definition) is 2. The Morgan fingerprint density at radius 2 is 2.11 bits per heavy atom. The van der Waals surface area contributed by atoms with Crippen molar-refractivity contribution in [3.63, 3.8) is 0 Å². The van der Waals surface area contributed by atoms with Crippen LogP contribution in [0.4, 0.5) is 5.69 Å². The molecule has 1 aromatic carbocycles. The maximum atomic E-state index is 6.12. The Kier molecular flexibility index (Phi) is 3.43. The summed E-state index contributed by atoms with van der Waals surface area (Å²) in [7, 11) is 0. The summed E-state index contributed by atoms with van der Waals surface area (Å²) < 4.78 is 0. The number of aromatic nitrogens is 1. The Balaban J connectivity index is 1.60. The van der Waals surface area contributed by atoms with Crippen LogP contribution in [0.5, 0.6) is 0 Å². The average Bonchev–Trinajstić information content (AvgIpc) is 2.35. The van der Waals surface area contributed by atoms with Crippen molar-refractivity contribution in [3.8, 4) is 0 Å². The average molecular weight is 273 g/mol. The molecule has 1 fully saturated rings. The number of aryl methyl sites for hydroxylation is 1. The topological polar surface area (TPSA) is 24.9 Å². The summed E-state index contributed by atoms with van der Waals surface area (Å²) in [6.45, 7) is 2.15. The van der Waals surface area contributed by atoms with E-state index in [4.69, 9.17) is 11.6 Å². The predicted molar refractivity (Wildman–Crippen MR) is 79.8 cm³/mol. The third-order valence-electron chi connectivity index (χ3n) is 3.78. The van der Waals surface area contributed by atoms with Gasteiger partial charge in [0.05, 0.1) is 16.9 Å². The molecule has 0 spiro atoms. The Labute approximate surface area is 118 Å². The lowest BCUT2D eigenvalue weighted by Crippen LogP contribution is -2.34. The van der Waals surface area contributed by atoms with E-state index < -0.39 is 0 Å². The van der Waals surface area contributed by atoms with Crippen LogP contribution in [0.3, 0.4) is 0 Å². The van der Waals surface area contributed by atoms with Crippen molar-refractivity contribution in [2.45, 2.75) is 31.7 Å². The molecule has 0 radical (unpaired) electrons. The Hall–Kier alpha value is -1.54. The van der Waals surface area contributed by atoms with Crippen LogP contribution in [0, 0.1) is 6.92 Å². The summed E-state index contributed by atoms with van der Waals surface area (Å²) in [4.78, 5) is 4.10. The van der Waals surface area contributed by atoms with Crippen molar-refractivity contribution < 1.29 is 0 Å². The SMILES string of the molecule is Cc1cccc(C2CC(Nc3cnccc3Cl)C2)c1. The fraction of sp³-hybridized carbons (Fsp3) is 0.312. The smallest absolute Gasteiger partial charge is 0.0718 e. The molecule has 2 aromatic rings. The maximum Gasteiger partial charge on any atom is 0.0718 e. The van der Waals surface area contributed by atoms with E-state index in [2.05, 4.69) is 41.5 Å². The van der Waals surface area contributed by atoms with E-state index >= 15 is 0 Å². The molecule has 0 amide bonds. The molecule has 3 heteroatoms. The van der Waals surface area contributed by atoms with Gasteiger partial charge in [0.15, 0.2) is 0 Å². The summed E-state index contributed by atoms with van der Waals surface area (Å²) in [5.74, 6) is 0.674. The first-order valence-electron chi connectivity index (χ1n) is 6.65. The highest BCUT2D eigenvalue weighted by Crippen LogP contribution is 2.39. The van der Waals surface area contributed by atoms with Gasteiger partial charge >= 0.3 is 0 Å². The van der Waals surface area contributed by atoms with Crippen LogP contribution in [0.15, 0.2) is 42.7 Å². The molecule has 0 saturated heterocycles. The van der Waals surface area contributed by atoms with Gasteiger partial charge in [-0.15, -0.1) is 0 Å². The van der Waals surface area contributed by atoms with Crippen molar-refractivity contribution >= 4 is 17.3 Å². The first-order chi connectivity index (χ1) is 9.22. The summed E-state index contributed by atoms with van der Waals surface area (Å²) in [5, 5.41) is 4.21. The zero-order valence-electron chi connectivity index (χ0n) is 10.9. The van der Waals surface area contributed by atoms with Gasteiger partial charge in [-0.3, -0.25) is 4.98 Å². The van der Waals surface area contributed by atoms with Crippen molar-refractivity contribution in [2.75, 3.05) is 5.32 Å². The number of nitrogens with one attached hydrogen (secondary N) is 1. The van der Waals surface area contributed by atoms with Crippen LogP contribution in [-0.4, -0.2) is 11.0 Å². The van der Waals surface area contributed by atoms with E-state index in [0.29, 0.717) is 12.0 Å². The Morgan fingerprint density at radius 3 is 2.84 bits per heavy atom. The number of hydrogen-bond donors (Lipinski definition) is 1. The molecule has 0 unspecified atom stereocenters. The van der Waals surface area contributed by atoms with Gasteiger partial charge in [0.25, 0.3) is 0 Å². The summed E-state index contributed by atoms with van der Waals surface area (Å²) in [5.41, 5.74) is 3.73. The van der Waals surface area contributed by atoms with E-state index in [1.54, 1.807) is 12.4 Å². The zero-order chi connectivity index (χ0) is 13.2. The van der Waals surface area contributed by atoms with Gasteiger partial charge < -0.3 is 5.32 Å². The van der Waals surface area contributed by atoms with Gasteiger partial charge in [0, 0.05) is 12.2 Å². The van der Waals surface area contributed by atoms with Crippen LogP contribution in [0.2, 0.25) is 5.02 Å². The third kappa shape index (κ3) is 2.74. The molecule has 0 aliphatic heterocycles. The second kappa shape index (κ2) is 5.22. The second-order valence-corrected chi connectivity index (χ2v) is 5.69. The van der Waals surface area contributed by atoms with Gasteiger partial charge in [-0.1, -0.05) is 41.4 Å². The van der Waals surface area contributed by atoms with E-state index in [1.165, 1.54) is 11.1 Å². The van der Waals surface area contributed by atoms with Crippen molar-refractivity contribution in [1.29, 1.82) is 0 Å². The molecular weight excluding hydrogens is 256 g/mol. The molecule has 1 aromatic heterocycles. The Bertz CT molecular complexity index is 576. The van der Waals surface area contributed by atoms with Crippen molar-refractivity contribution in [1.82, 2.24) is 4.98 Å². The van der Waals surface area contributed by atoms with Gasteiger partial charge in [-0.25, -0.2) is 0 Å². The highest BCUT2D eigenvalue weighted by Gasteiger charge is 2.30. The standard InChI is InChI=1S/C16H17ClN2/c1-11-3-2-4-12(7-11)13-8-14(9-13)19-16-10-18-6-5-15(16)17/h2-7,10,13-14,19H,8-9H2,1H3. The largest absolute Gasteiger partial charge is 0.380 e. The second-order valence-electron chi connectivity index (χ2n) is 5.28. The number of rotatable bonds is 3. The highest BCUT2D eigenvalue weighted by molar-refractivity contribution is 6.33. The molecule has 1 aliphatic carbocycles. The van der Waals surface area contributed by atoms with Crippen LogP contribution in [0.1, 0.15) is 29.9 Å². The molecule has 3 rings (SSSR count). The minimum absolute atomic E-state index is 0.507. The van der Waals surface area contributed by atoms with Gasteiger partial charge in [0.2, 0.25) is 0 Å². The van der Waals surface area contributed by atoms with Gasteiger partial charge in [-0.05, 0) is 37.3 Å². The quantitative estimate of drug-likeness (QED) is 0.896. The van der Waals surface area contributed by atoms with E-state index in [-0.39, 0.29) is 0 Å². The molecule has 2 nitrogen and oxygen atoms in total. The fourth-order valence-corrected chi connectivity index (χ4v) is 2.80. The predicted octanol–water partition coefficient (Wildman–Crippen LogP) is 4.40. The summed E-state index contributed by atoms with van der Waals surface area (Å²) in [6.07, 6.45) is 5.83. The number of benzene rings is 1. The number of anilines is 1. The molecule has 1 saturated carbocycles. The zero-order valence-corrected chi connectivity index (χ0v) is 11.7. The minimum Gasteiger partial charge on any atom is -0.380 e. The van der Waals surface area contributed by atoms with E-state index in [9.17, 15) is 0 Å². The van der Waals surface area contributed by atoms with Crippen LogP contribution in [0.25, 0.3) is 0 Å². The van der Waals surface area contributed by atoms with Gasteiger partial charge in [0.1, 0.15) is 0 Å². The molecule has 19 heavy (non-hydrogen) atoms. The molecule has 0 atom stereocenters. The molecule has 1 aliphatic rings. The number of pyridine rings is 1. The lowest BCUT2D eigenvalue weighted by molar-refractivity contribution is 0.374. The minimum atomic E-state index is 0.507. The lowest BCUT2D eigenvalue weighted by Gasteiger charge is -2.37. The lowest BCUT2D eigenvalue weighted by atomic mass is 9.75. The number of halogens is 1. The van der Waals surface area contributed by atoms with Crippen LogP contribution < -0.4 is 5.32 Å². The van der Waals surface area contributed by atoms with Crippen LogP contribution in [-0.2, 0) is 0 Å². The molecule has 1 heterocycles. The maximum absolute atomic E-state index is 6.12. The monoisotopic (exact) mass is 272 g/mol. The first kappa shape index (κ1) is 12.5. The molecule has 1 N–H and O–H groups in total. The molecule has 0 bridgehead atoms. The van der Waals surface area contributed by atoms with Crippen molar-refractivity contribution in [3.05, 3.63) is 58.9 Å². The summed E-state index contributed by atoms with van der Waals surface area (Å²) in [6, 6.07) is 11.1. The van der Waals surface area contributed by atoms with E-state index in [1.807, 2.05) is 6.07 Å². The Morgan fingerprint density at radius 1 is 1.26 bits per heavy atom. The fourth-order valence-electron chi connectivity index (χ4n) is 2.64.